The highest BCUT2D eigenvalue weighted by atomic mass is 35.5. The lowest BCUT2D eigenvalue weighted by Gasteiger charge is -2.50. The zero-order valence-electron chi connectivity index (χ0n) is 18.4. The summed E-state index contributed by atoms with van der Waals surface area (Å²) in [5.74, 6) is -0.772. The van der Waals surface area contributed by atoms with Crippen LogP contribution in [0.1, 0.15) is 41.7 Å². The molecule has 6 nitrogen and oxygen atoms in total. The van der Waals surface area contributed by atoms with Gasteiger partial charge in [-0.1, -0.05) is 35.9 Å². The summed E-state index contributed by atoms with van der Waals surface area (Å²) in [5, 5.41) is 14.0. The Kier molecular flexibility index (Phi) is 6.14. The Balaban J connectivity index is 1.65. The molecule has 8 heteroatoms. The van der Waals surface area contributed by atoms with Gasteiger partial charge < -0.3 is 20.1 Å². The topological polar surface area (TPSA) is 77.6 Å². The lowest BCUT2D eigenvalue weighted by Crippen LogP contribution is -2.55. The average Bonchev–Trinajstić information content (AvgIpc) is 3.22. The second kappa shape index (κ2) is 9.06. The van der Waals surface area contributed by atoms with Crippen molar-refractivity contribution < 1.29 is 19.0 Å². The summed E-state index contributed by atoms with van der Waals surface area (Å²) in [4.78, 5) is 18.8. The van der Waals surface area contributed by atoms with Crippen LogP contribution in [0.25, 0.3) is 10.9 Å². The molecule has 2 aromatic carbocycles. The Bertz CT molecular complexity index is 1180. The number of aromatic amines is 1. The molecule has 0 saturated carbocycles. The highest BCUT2D eigenvalue weighted by Crippen LogP contribution is 2.49. The summed E-state index contributed by atoms with van der Waals surface area (Å²) in [5.41, 5.74) is 4.02. The van der Waals surface area contributed by atoms with E-state index in [9.17, 15) is 14.3 Å². The molecule has 0 bridgehead atoms. The molecule has 3 heterocycles. The second-order valence-electron chi connectivity index (χ2n) is 8.80. The number of methoxy groups -OCH3 is 1. The number of aliphatic hydroxyl groups excluding tert-OH is 1. The van der Waals surface area contributed by atoms with Gasteiger partial charge in [0, 0.05) is 41.6 Å². The predicted octanol–water partition coefficient (Wildman–Crippen LogP) is 3.89. The number of piperidine rings is 1. The van der Waals surface area contributed by atoms with Gasteiger partial charge in [0.05, 0.1) is 24.8 Å². The molecular formula is C25H27ClFN3O3. The minimum atomic E-state index is -0.491. The molecule has 4 atom stereocenters. The van der Waals surface area contributed by atoms with Crippen molar-refractivity contribution in [3.05, 3.63) is 70.1 Å². The van der Waals surface area contributed by atoms with Crippen molar-refractivity contribution >= 4 is 28.5 Å². The van der Waals surface area contributed by atoms with Gasteiger partial charge in [-0.05, 0) is 42.2 Å². The SMILES string of the molecule is COC(=O)[C@@H]1Cc2c([nH]c3ccccc23)[C@H]2C[C@H](NCCO)C[C@@H](c3ccc(Cl)c(F)c3)N21. The normalized spacial score (nSPS) is 25.0. The summed E-state index contributed by atoms with van der Waals surface area (Å²) >= 11 is 5.96. The molecule has 3 aromatic rings. The first kappa shape index (κ1) is 22.3. The number of ether oxygens (including phenoxy) is 1. The highest BCUT2D eigenvalue weighted by Gasteiger charge is 2.48. The van der Waals surface area contributed by atoms with Crippen molar-refractivity contribution in [3.8, 4) is 0 Å². The van der Waals surface area contributed by atoms with Crippen LogP contribution in [0.4, 0.5) is 4.39 Å². The summed E-state index contributed by atoms with van der Waals surface area (Å²) in [7, 11) is 1.41. The minimum Gasteiger partial charge on any atom is -0.468 e. The molecule has 5 rings (SSSR count). The van der Waals surface area contributed by atoms with E-state index in [0.29, 0.717) is 19.4 Å². The molecule has 0 unspecified atom stereocenters. The van der Waals surface area contributed by atoms with Crippen LogP contribution in [0.2, 0.25) is 5.02 Å². The molecule has 2 aliphatic heterocycles. The van der Waals surface area contributed by atoms with Crippen molar-refractivity contribution in [3.63, 3.8) is 0 Å². The van der Waals surface area contributed by atoms with Gasteiger partial charge in [-0.15, -0.1) is 0 Å². The number of aliphatic hydroxyl groups is 1. The summed E-state index contributed by atoms with van der Waals surface area (Å²) in [6.45, 7) is 0.507. The first-order chi connectivity index (χ1) is 16.0. The minimum absolute atomic E-state index is 0.0353. The first-order valence-corrected chi connectivity index (χ1v) is 11.6. The number of aromatic nitrogens is 1. The van der Waals surface area contributed by atoms with Gasteiger partial charge in [-0.25, -0.2) is 4.39 Å². The number of hydrogen-bond donors (Lipinski definition) is 3. The van der Waals surface area contributed by atoms with Crippen molar-refractivity contribution in [2.75, 3.05) is 20.3 Å². The van der Waals surface area contributed by atoms with Crippen LogP contribution in [0.15, 0.2) is 42.5 Å². The molecule has 0 radical (unpaired) electrons. The van der Waals surface area contributed by atoms with E-state index in [1.807, 2.05) is 24.3 Å². The van der Waals surface area contributed by atoms with Crippen molar-refractivity contribution in [2.45, 2.75) is 43.4 Å². The van der Waals surface area contributed by atoms with Gasteiger partial charge in [-0.2, -0.15) is 0 Å². The van der Waals surface area contributed by atoms with Crippen LogP contribution in [0, 0.1) is 5.82 Å². The number of nitrogens with zero attached hydrogens (tertiary/aromatic N) is 1. The second-order valence-corrected chi connectivity index (χ2v) is 9.21. The van der Waals surface area contributed by atoms with Gasteiger partial charge in [-0.3, -0.25) is 9.69 Å². The summed E-state index contributed by atoms with van der Waals surface area (Å²) in [6, 6.07) is 12.2. The third-order valence-electron chi connectivity index (χ3n) is 7.02. The predicted molar refractivity (Wildman–Crippen MR) is 125 cm³/mol. The maximum Gasteiger partial charge on any atom is 0.323 e. The standard InChI is InChI=1S/C25H27ClFN3O3/c1-33-25(32)23-13-17-16-4-2-3-5-20(16)29-24(17)22-12-15(28-8-9-31)11-21(30(22)23)14-6-7-18(26)19(27)10-14/h2-7,10,15,21-23,28-29,31H,8-9,11-13H2,1H3/t15-,21+,22-,23+/m1/s1. The number of rotatable bonds is 5. The van der Waals surface area contributed by atoms with Crippen LogP contribution in [-0.4, -0.2) is 53.3 Å². The third-order valence-corrected chi connectivity index (χ3v) is 7.33. The fraction of sp³-hybridized carbons (Fsp3) is 0.400. The number of nitrogens with one attached hydrogen (secondary N) is 2. The maximum absolute atomic E-state index is 14.5. The number of benzene rings is 2. The van der Waals surface area contributed by atoms with Crippen molar-refractivity contribution in [1.29, 1.82) is 0 Å². The van der Waals surface area contributed by atoms with Crippen LogP contribution in [0.5, 0.6) is 0 Å². The van der Waals surface area contributed by atoms with Gasteiger partial charge in [0.25, 0.3) is 0 Å². The quantitative estimate of drug-likeness (QED) is 0.492. The van der Waals surface area contributed by atoms with Gasteiger partial charge in [0.2, 0.25) is 0 Å². The molecule has 0 spiro atoms. The number of hydrogen-bond acceptors (Lipinski definition) is 5. The number of fused-ring (bicyclic) bond motifs is 5. The number of carbonyl (C=O) groups excluding carboxylic acids is 1. The molecule has 0 aliphatic carbocycles. The van der Waals surface area contributed by atoms with Gasteiger partial charge in [0.1, 0.15) is 11.9 Å². The first-order valence-electron chi connectivity index (χ1n) is 11.3. The van der Waals surface area contributed by atoms with E-state index < -0.39 is 11.9 Å². The highest BCUT2D eigenvalue weighted by molar-refractivity contribution is 6.30. The monoisotopic (exact) mass is 471 g/mol. The smallest absolute Gasteiger partial charge is 0.323 e. The van der Waals surface area contributed by atoms with E-state index in [0.717, 1.165) is 34.1 Å². The molecule has 1 fully saturated rings. The molecule has 0 amide bonds. The van der Waals surface area contributed by atoms with Crippen LogP contribution in [-0.2, 0) is 16.0 Å². The summed E-state index contributed by atoms with van der Waals surface area (Å²) in [6.07, 6.45) is 1.93. The Labute approximate surface area is 196 Å². The molecule has 33 heavy (non-hydrogen) atoms. The molecule has 1 saturated heterocycles. The Morgan fingerprint density at radius 1 is 1.27 bits per heavy atom. The number of H-pyrrole nitrogens is 1. The van der Waals surface area contributed by atoms with Crippen LogP contribution >= 0.6 is 11.6 Å². The molecule has 174 valence electrons. The van der Waals surface area contributed by atoms with Crippen LogP contribution < -0.4 is 5.32 Å². The van der Waals surface area contributed by atoms with Crippen molar-refractivity contribution in [2.24, 2.45) is 0 Å². The van der Waals surface area contributed by atoms with Gasteiger partial charge >= 0.3 is 5.97 Å². The van der Waals surface area contributed by atoms with Gasteiger partial charge in [0.15, 0.2) is 0 Å². The third kappa shape index (κ3) is 3.93. The van der Waals surface area contributed by atoms with E-state index in [4.69, 9.17) is 16.3 Å². The lowest BCUT2D eigenvalue weighted by atomic mass is 9.79. The Morgan fingerprint density at radius 2 is 2.06 bits per heavy atom. The Morgan fingerprint density at radius 3 is 2.82 bits per heavy atom. The van der Waals surface area contributed by atoms with E-state index in [-0.39, 0.29) is 35.7 Å². The van der Waals surface area contributed by atoms with Crippen LogP contribution in [0.3, 0.4) is 0 Å². The van der Waals surface area contributed by atoms with E-state index in [1.54, 1.807) is 6.07 Å². The molecule has 1 aromatic heterocycles. The number of carbonyl (C=O) groups is 1. The van der Waals surface area contributed by atoms with E-state index >= 15 is 0 Å². The lowest BCUT2D eigenvalue weighted by molar-refractivity contribution is -0.152. The zero-order chi connectivity index (χ0) is 23.1. The van der Waals surface area contributed by atoms with E-state index in [1.165, 1.54) is 13.2 Å². The van der Waals surface area contributed by atoms with Crippen molar-refractivity contribution in [1.82, 2.24) is 15.2 Å². The Hall–Kier alpha value is -2.45. The molecular weight excluding hydrogens is 445 g/mol. The molecule has 3 N–H and O–H groups in total. The zero-order valence-corrected chi connectivity index (χ0v) is 19.1. The number of halogens is 2. The summed E-state index contributed by atoms with van der Waals surface area (Å²) < 4.78 is 19.7. The average molecular weight is 472 g/mol. The number of para-hydroxylation sites is 1. The number of esters is 1. The fourth-order valence-electron chi connectivity index (χ4n) is 5.63. The largest absolute Gasteiger partial charge is 0.468 e. The maximum atomic E-state index is 14.5. The fourth-order valence-corrected chi connectivity index (χ4v) is 5.74. The van der Waals surface area contributed by atoms with E-state index in [2.05, 4.69) is 21.3 Å². The molecule has 2 aliphatic rings.